The van der Waals surface area contributed by atoms with Crippen molar-refractivity contribution in [2.75, 3.05) is 0 Å². The molecule has 2 nitrogen and oxygen atoms in total. The van der Waals surface area contributed by atoms with Crippen LogP contribution in [0.3, 0.4) is 0 Å². The molecular formula is C17H12N2. The zero-order valence-corrected chi connectivity index (χ0v) is 10.3. The molecule has 19 heavy (non-hydrogen) atoms. The van der Waals surface area contributed by atoms with Crippen molar-refractivity contribution in [1.29, 1.82) is 0 Å². The van der Waals surface area contributed by atoms with E-state index < -0.39 is 0 Å². The van der Waals surface area contributed by atoms with Gasteiger partial charge in [-0.1, -0.05) is 48.5 Å². The van der Waals surface area contributed by atoms with Crippen LogP contribution in [-0.2, 0) is 0 Å². The molecule has 2 aromatic carbocycles. The Labute approximate surface area is 111 Å². The number of rotatable bonds is 1. The zero-order valence-electron chi connectivity index (χ0n) is 10.3. The minimum atomic E-state index is 1.01. The largest absolute Gasteiger partial charge is 0.301 e. The molecule has 0 aliphatic carbocycles. The maximum Gasteiger partial charge on any atom is 0.145 e. The van der Waals surface area contributed by atoms with Crippen molar-refractivity contribution in [2.45, 2.75) is 0 Å². The molecule has 2 heterocycles. The van der Waals surface area contributed by atoms with Crippen LogP contribution >= 0.6 is 0 Å². The maximum atomic E-state index is 4.56. The number of hydrogen-bond donors (Lipinski definition) is 0. The quantitative estimate of drug-likeness (QED) is 0.491. The van der Waals surface area contributed by atoms with Gasteiger partial charge in [-0.3, -0.25) is 0 Å². The van der Waals surface area contributed by atoms with Crippen LogP contribution in [0.25, 0.3) is 27.7 Å². The van der Waals surface area contributed by atoms with Gasteiger partial charge in [-0.05, 0) is 17.7 Å². The van der Waals surface area contributed by atoms with Gasteiger partial charge in [0.05, 0.1) is 5.52 Å². The van der Waals surface area contributed by atoms with Gasteiger partial charge in [0, 0.05) is 23.3 Å². The molecule has 0 fully saturated rings. The van der Waals surface area contributed by atoms with Gasteiger partial charge in [-0.15, -0.1) is 0 Å². The van der Waals surface area contributed by atoms with Crippen molar-refractivity contribution in [1.82, 2.24) is 9.38 Å². The van der Waals surface area contributed by atoms with E-state index in [0.29, 0.717) is 0 Å². The third-order valence-electron chi connectivity index (χ3n) is 3.47. The lowest BCUT2D eigenvalue weighted by Crippen LogP contribution is -1.85. The van der Waals surface area contributed by atoms with Crippen LogP contribution in [0, 0.1) is 0 Å². The summed E-state index contributed by atoms with van der Waals surface area (Å²) in [5.41, 5.74) is 4.62. The van der Waals surface area contributed by atoms with Crippen molar-refractivity contribution in [2.24, 2.45) is 0 Å². The van der Waals surface area contributed by atoms with E-state index in [1.807, 2.05) is 18.3 Å². The Bertz CT molecular complexity index is 807. The van der Waals surface area contributed by atoms with Crippen LogP contribution in [-0.4, -0.2) is 9.38 Å². The molecular weight excluding hydrogens is 232 g/mol. The molecule has 0 N–H and O–H groups in total. The standard InChI is InChI=1S/C17H12N2/c1-2-7-13(8-3-1)16-14-9-4-5-10-15(14)19-12-6-11-18-17(16)19/h1-12H. The summed E-state index contributed by atoms with van der Waals surface area (Å²) in [6, 6.07) is 20.8. The van der Waals surface area contributed by atoms with Crippen molar-refractivity contribution < 1.29 is 0 Å². The van der Waals surface area contributed by atoms with Gasteiger partial charge < -0.3 is 4.40 Å². The Kier molecular flexibility index (Phi) is 2.15. The van der Waals surface area contributed by atoms with E-state index >= 15 is 0 Å². The minimum absolute atomic E-state index is 1.01. The van der Waals surface area contributed by atoms with E-state index in [2.05, 4.69) is 64.1 Å². The minimum Gasteiger partial charge on any atom is -0.301 e. The molecule has 0 aliphatic heterocycles. The molecule has 0 unspecified atom stereocenters. The van der Waals surface area contributed by atoms with Gasteiger partial charge in [0.1, 0.15) is 5.65 Å². The lowest BCUT2D eigenvalue weighted by atomic mass is 10.0. The molecule has 2 aromatic heterocycles. The van der Waals surface area contributed by atoms with Crippen LogP contribution in [0.5, 0.6) is 0 Å². The fraction of sp³-hybridized carbons (Fsp3) is 0. The molecule has 4 aromatic rings. The Balaban J connectivity index is 2.24. The molecule has 0 saturated carbocycles. The van der Waals surface area contributed by atoms with Crippen molar-refractivity contribution >= 4 is 16.6 Å². The predicted molar refractivity (Wildman–Crippen MR) is 78.1 cm³/mol. The van der Waals surface area contributed by atoms with Crippen molar-refractivity contribution in [3.05, 3.63) is 73.1 Å². The summed E-state index contributed by atoms with van der Waals surface area (Å²) >= 11 is 0. The number of aromatic nitrogens is 2. The summed E-state index contributed by atoms with van der Waals surface area (Å²) in [5.74, 6) is 0. The molecule has 0 bridgehead atoms. The average Bonchev–Trinajstić information content (AvgIpc) is 2.83. The summed E-state index contributed by atoms with van der Waals surface area (Å²) < 4.78 is 2.15. The second-order valence-corrected chi connectivity index (χ2v) is 4.57. The van der Waals surface area contributed by atoms with Crippen LogP contribution < -0.4 is 0 Å². The number of hydrogen-bond acceptors (Lipinski definition) is 1. The average molecular weight is 244 g/mol. The molecule has 0 atom stereocenters. The lowest BCUT2D eigenvalue weighted by Gasteiger charge is -1.99. The highest BCUT2D eigenvalue weighted by Crippen LogP contribution is 2.33. The van der Waals surface area contributed by atoms with E-state index in [9.17, 15) is 0 Å². The van der Waals surface area contributed by atoms with E-state index in [0.717, 1.165) is 5.65 Å². The van der Waals surface area contributed by atoms with E-state index in [1.165, 1.54) is 22.0 Å². The normalized spacial score (nSPS) is 11.2. The fourth-order valence-corrected chi connectivity index (χ4v) is 2.66. The van der Waals surface area contributed by atoms with Gasteiger partial charge in [-0.25, -0.2) is 4.98 Å². The third kappa shape index (κ3) is 1.47. The van der Waals surface area contributed by atoms with E-state index in [4.69, 9.17) is 0 Å². The number of para-hydroxylation sites is 1. The fourth-order valence-electron chi connectivity index (χ4n) is 2.66. The number of nitrogens with zero attached hydrogens (tertiary/aromatic N) is 2. The Morgan fingerprint density at radius 3 is 2.47 bits per heavy atom. The van der Waals surface area contributed by atoms with Crippen LogP contribution in [0.2, 0.25) is 0 Å². The third-order valence-corrected chi connectivity index (χ3v) is 3.47. The first-order chi connectivity index (χ1) is 9.45. The van der Waals surface area contributed by atoms with E-state index in [1.54, 1.807) is 0 Å². The molecule has 0 spiro atoms. The number of fused-ring (bicyclic) bond motifs is 3. The SMILES string of the molecule is c1ccc(-c2c3ccccc3n3cccnc23)cc1. The molecule has 0 aliphatic rings. The summed E-state index contributed by atoms with van der Waals surface area (Å²) in [6.07, 6.45) is 3.91. The van der Waals surface area contributed by atoms with Gasteiger partial charge in [-0.2, -0.15) is 0 Å². The Hall–Kier alpha value is -2.61. The van der Waals surface area contributed by atoms with Gasteiger partial charge in [0.15, 0.2) is 0 Å². The van der Waals surface area contributed by atoms with Crippen molar-refractivity contribution in [3.8, 4) is 11.1 Å². The monoisotopic (exact) mass is 244 g/mol. The molecule has 0 amide bonds. The van der Waals surface area contributed by atoms with Gasteiger partial charge >= 0.3 is 0 Å². The molecule has 90 valence electrons. The summed E-state index contributed by atoms with van der Waals surface area (Å²) in [4.78, 5) is 4.56. The highest BCUT2D eigenvalue weighted by Gasteiger charge is 2.13. The smallest absolute Gasteiger partial charge is 0.145 e. The molecule has 0 radical (unpaired) electrons. The van der Waals surface area contributed by atoms with Crippen LogP contribution in [0.4, 0.5) is 0 Å². The maximum absolute atomic E-state index is 4.56. The lowest BCUT2D eigenvalue weighted by molar-refractivity contribution is 1.17. The Morgan fingerprint density at radius 2 is 1.58 bits per heavy atom. The summed E-state index contributed by atoms with van der Waals surface area (Å²) in [7, 11) is 0. The van der Waals surface area contributed by atoms with Crippen molar-refractivity contribution in [3.63, 3.8) is 0 Å². The summed E-state index contributed by atoms with van der Waals surface area (Å²) in [5, 5.41) is 1.24. The van der Waals surface area contributed by atoms with Gasteiger partial charge in [0.25, 0.3) is 0 Å². The first-order valence-electron chi connectivity index (χ1n) is 6.34. The highest BCUT2D eigenvalue weighted by molar-refractivity contribution is 6.04. The second-order valence-electron chi connectivity index (χ2n) is 4.57. The summed E-state index contributed by atoms with van der Waals surface area (Å²) in [6.45, 7) is 0. The first kappa shape index (κ1) is 10.3. The van der Waals surface area contributed by atoms with Gasteiger partial charge in [0.2, 0.25) is 0 Å². The zero-order chi connectivity index (χ0) is 12.7. The predicted octanol–water partition coefficient (Wildman–Crippen LogP) is 4.15. The topological polar surface area (TPSA) is 17.3 Å². The Morgan fingerprint density at radius 1 is 0.789 bits per heavy atom. The number of benzene rings is 2. The highest BCUT2D eigenvalue weighted by atomic mass is 15.0. The second kappa shape index (κ2) is 3.95. The molecule has 2 heteroatoms. The molecule has 0 saturated heterocycles. The van der Waals surface area contributed by atoms with Crippen LogP contribution in [0.1, 0.15) is 0 Å². The molecule has 4 rings (SSSR count). The van der Waals surface area contributed by atoms with Crippen LogP contribution in [0.15, 0.2) is 73.1 Å². The van der Waals surface area contributed by atoms with E-state index in [-0.39, 0.29) is 0 Å². The first-order valence-corrected chi connectivity index (χ1v) is 6.34.